The van der Waals surface area contributed by atoms with E-state index in [-0.39, 0.29) is 17.1 Å². The Kier molecular flexibility index (Phi) is 5.43. The molecule has 148 valence electrons. The molecule has 5 rings (SSSR count). The third kappa shape index (κ3) is 4.15. The van der Waals surface area contributed by atoms with Crippen molar-refractivity contribution in [3.05, 3.63) is 5.89 Å². The van der Waals surface area contributed by atoms with Crippen LogP contribution in [0.1, 0.15) is 64.2 Å². The maximum Gasteiger partial charge on any atom is 0.321 e. The molecule has 4 aliphatic rings. The van der Waals surface area contributed by atoms with Gasteiger partial charge in [0.1, 0.15) is 0 Å². The van der Waals surface area contributed by atoms with Gasteiger partial charge in [-0.1, -0.05) is 25.1 Å². The van der Waals surface area contributed by atoms with E-state index in [9.17, 15) is 9.59 Å². The van der Waals surface area contributed by atoms with Crippen LogP contribution in [0.15, 0.2) is 9.64 Å². The predicted molar refractivity (Wildman–Crippen MR) is 101 cm³/mol. The number of aromatic nitrogens is 2. The van der Waals surface area contributed by atoms with Crippen molar-refractivity contribution in [3.8, 4) is 0 Å². The van der Waals surface area contributed by atoms with Gasteiger partial charge in [-0.25, -0.2) is 4.79 Å². The summed E-state index contributed by atoms with van der Waals surface area (Å²) in [6.07, 6.45) is 9.51. The number of carbonyl (C=O) groups excluding carboxylic acids is 2. The number of hydrogen-bond acceptors (Lipinski definition) is 6. The maximum atomic E-state index is 11.9. The maximum absolute atomic E-state index is 11.9. The molecule has 1 aromatic heterocycles. The Morgan fingerprint density at radius 2 is 1.81 bits per heavy atom. The molecule has 1 heterocycles. The first-order valence-corrected chi connectivity index (χ1v) is 11.1. The van der Waals surface area contributed by atoms with Gasteiger partial charge < -0.3 is 9.73 Å². The van der Waals surface area contributed by atoms with Gasteiger partial charge in [-0.15, -0.1) is 10.2 Å². The lowest BCUT2D eigenvalue weighted by molar-refractivity contribution is -0.117. The van der Waals surface area contributed by atoms with Crippen LogP contribution in [0, 0.1) is 17.8 Å². The van der Waals surface area contributed by atoms with Crippen molar-refractivity contribution in [1.29, 1.82) is 0 Å². The van der Waals surface area contributed by atoms with Crippen molar-refractivity contribution >= 4 is 23.7 Å². The molecule has 0 unspecified atom stereocenters. The van der Waals surface area contributed by atoms with Crippen LogP contribution in [0.25, 0.3) is 0 Å². The third-order valence-electron chi connectivity index (χ3n) is 6.29. The van der Waals surface area contributed by atoms with Crippen LogP contribution in [0.3, 0.4) is 0 Å². The van der Waals surface area contributed by atoms with Gasteiger partial charge in [-0.3, -0.25) is 10.1 Å². The molecular weight excluding hydrogens is 364 g/mol. The highest BCUT2D eigenvalue weighted by molar-refractivity contribution is 7.99. The highest BCUT2D eigenvalue weighted by Gasteiger charge is 2.54. The van der Waals surface area contributed by atoms with E-state index in [1.807, 2.05) is 6.92 Å². The van der Waals surface area contributed by atoms with Gasteiger partial charge >= 0.3 is 6.03 Å². The van der Waals surface area contributed by atoms with Crippen LogP contribution in [0.4, 0.5) is 4.79 Å². The topological polar surface area (TPSA) is 97.1 Å². The Morgan fingerprint density at radius 3 is 2.44 bits per heavy atom. The molecule has 0 atom stereocenters. The molecule has 4 bridgehead atoms. The molecule has 4 aliphatic carbocycles. The first-order valence-electron chi connectivity index (χ1n) is 10.1. The molecule has 0 saturated heterocycles. The standard InChI is InChI=1S/C19H28N4O3S/c1-2-3-4-20-17(25)21-15(24)11-27-18-23-22-16(26-18)19-8-12-5-13(9-19)7-14(6-12)10-19/h12-14H,2-11H2,1H3,(H2,20,21,24,25). The smallest absolute Gasteiger partial charge is 0.321 e. The molecule has 4 saturated carbocycles. The van der Waals surface area contributed by atoms with E-state index in [1.165, 1.54) is 50.3 Å². The minimum atomic E-state index is -0.450. The van der Waals surface area contributed by atoms with Crippen molar-refractivity contribution < 1.29 is 14.0 Å². The summed E-state index contributed by atoms with van der Waals surface area (Å²) in [4.78, 5) is 23.5. The zero-order valence-corrected chi connectivity index (χ0v) is 16.6. The van der Waals surface area contributed by atoms with Crippen LogP contribution in [-0.2, 0) is 10.2 Å². The van der Waals surface area contributed by atoms with Gasteiger partial charge in [0, 0.05) is 12.0 Å². The molecule has 7 nitrogen and oxygen atoms in total. The van der Waals surface area contributed by atoms with Crippen molar-refractivity contribution in [2.24, 2.45) is 17.8 Å². The molecule has 4 fully saturated rings. The van der Waals surface area contributed by atoms with E-state index in [0.717, 1.165) is 36.5 Å². The third-order valence-corrected chi connectivity index (χ3v) is 7.11. The minimum absolute atomic E-state index is 0.0714. The van der Waals surface area contributed by atoms with Crippen LogP contribution in [0.5, 0.6) is 0 Å². The van der Waals surface area contributed by atoms with E-state index in [4.69, 9.17) is 4.42 Å². The van der Waals surface area contributed by atoms with Crippen molar-refractivity contribution in [2.45, 2.75) is 68.9 Å². The molecule has 27 heavy (non-hydrogen) atoms. The SMILES string of the molecule is CCCCNC(=O)NC(=O)CSc1nnc(C23CC4CC(CC(C4)C2)C3)o1. The zero-order chi connectivity index (χ0) is 18.9. The molecule has 1 aromatic rings. The number of thioether (sulfide) groups is 1. The number of unbranched alkanes of at least 4 members (excludes halogenated alkanes) is 1. The second-order valence-corrected chi connectivity index (χ2v) is 9.44. The summed E-state index contributed by atoms with van der Waals surface area (Å²) in [7, 11) is 0. The van der Waals surface area contributed by atoms with Gasteiger partial charge in [0.15, 0.2) is 0 Å². The van der Waals surface area contributed by atoms with Crippen LogP contribution in [0.2, 0.25) is 0 Å². The molecule has 2 N–H and O–H groups in total. The first-order chi connectivity index (χ1) is 13.1. The fourth-order valence-electron chi connectivity index (χ4n) is 5.57. The summed E-state index contributed by atoms with van der Waals surface area (Å²) in [6, 6.07) is -0.450. The fraction of sp³-hybridized carbons (Fsp3) is 0.789. The van der Waals surface area contributed by atoms with Crippen molar-refractivity contribution in [2.75, 3.05) is 12.3 Å². The number of rotatable bonds is 7. The van der Waals surface area contributed by atoms with E-state index in [2.05, 4.69) is 20.8 Å². The summed E-state index contributed by atoms with van der Waals surface area (Å²) < 4.78 is 5.96. The lowest BCUT2D eigenvalue weighted by Crippen LogP contribution is -2.48. The Labute approximate surface area is 163 Å². The van der Waals surface area contributed by atoms with Crippen LogP contribution < -0.4 is 10.6 Å². The lowest BCUT2D eigenvalue weighted by atomic mass is 9.49. The Morgan fingerprint density at radius 1 is 1.15 bits per heavy atom. The van der Waals surface area contributed by atoms with E-state index < -0.39 is 6.03 Å². The Balaban J connectivity index is 1.29. The highest BCUT2D eigenvalue weighted by Crippen LogP contribution is 2.60. The van der Waals surface area contributed by atoms with Crippen LogP contribution in [-0.4, -0.2) is 34.4 Å². The molecule has 8 heteroatoms. The van der Waals surface area contributed by atoms with E-state index in [1.54, 1.807) is 0 Å². The average molecular weight is 393 g/mol. The fourth-order valence-corrected chi connectivity index (χ4v) is 6.13. The first kappa shape index (κ1) is 18.8. The molecule has 0 aliphatic heterocycles. The number of urea groups is 1. The zero-order valence-electron chi connectivity index (χ0n) is 15.8. The number of carbonyl (C=O) groups is 2. The monoisotopic (exact) mass is 392 g/mol. The predicted octanol–water partition coefficient (Wildman–Crippen LogP) is 3.26. The van der Waals surface area contributed by atoms with Crippen molar-refractivity contribution in [3.63, 3.8) is 0 Å². The molecule has 3 amide bonds. The normalized spacial score (nSPS) is 31.1. The Bertz CT molecular complexity index is 670. The van der Waals surface area contributed by atoms with Crippen LogP contribution >= 0.6 is 11.8 Å². The summed E-state index contributed by atoms with van der Waals surface area (Å²) >= 11 is 1.19. The molecule has 0 spiro atoms. The summed E-state index contributed by atoms with van der Waals surface area (Å²) in [5.41, 5.74) is 0.0714. The quantitative estimate of drug-likeness (QED) is 0.546. The summed E-state index contributed by atoms with van der Waals surface area (Å²) in [6.45, 7) is 2.62. The van der Waals surface area contributed by atoms with E-state index >= 15 is 0 Å². The van der Waals surface area contributed by atoms with Gasteiger partial charge in [0.25, 0.3) is 5.22 Å². The molecule has 0 aromatic carbocycles. The second kappa shape index (κ2) is 7.81. The number of hydrogen-bond donors (Lipinski definition) is 2. The number of amides is 3. The highest BCUT2D eigenvalue weighted by atomic mass is 32.2. The summed E-state index contributed by atoms with van der Waals surface area (Å²) in [5, 5.41) is 13.9. The van der Waals surface area contributed by atoms with E-state index in [0.29, 0.717) is 11.8 Å². The lowest BCUT2D eigenvalue weighted by Gasteiger charge is -2.55. The van der Waals surface area contributed by atoms with Crippen molar-refractivity contribution in [1.82, 2.24) is 20.8 Å². The average Bonchev–Trinajstić information content (AvgIpc) is 3.09. The largest absolute Gasteiger partial charge is 0.415 e. The number of nitrogens with one attached hydrogen (secondary N) is 2. The second-order valence-electron chi connectivity index (χ2n) is 8.52. The number of imide groups is 1. The minimum Gasteiger partial charge on any atom is -0.415 e. The number of nitrogens with zero attached hydrogens (tertiary/aromatic N) is 2. The van der Waals surface area contributed by atoms with Gasteiger partial charge in [0.2, 0.25) is 11.8 Å². The molecule has 0 radical (unpaired) electrons. The Hall–Kier alpha value is -1.57. The van der Waals surface area contributed by atoms with Gasteiger partial charge in [0.05, 0.1) is 5.75 Å². The van der Waals surface area contributed by atoms with Gasteiger partial charge in [-0.2, -0.15) is 0 Å². The summed E-state index contributed by atoms with van der Waals surface area (Å²) in [5.74, 6) is 2.94. The van der Waals surface area contributed by atoms with Gasteiger partial charge in [-0.05, 0) is 62.7 Å². The molecular formula is C19H28N4O3S.